The van der Waals surface area contributed by atoms with Gasteiger partial charge in [0.05, 0.1) is 0 Å². The Morgan fingerprint density at radius 3 is 2.33 bits per heavy atom. The van der Waals surface area contributed by atoms with Crippen molar-refractivity contribution < 1.29 is 23.1 Å². The quantitative estimate of drug-likeness (QED) is 0.827. The van der Waals surface area contributed by atoms with Crippen LogP contribution in [0.4, 0.5) is 13.2 Å². The maximum absolute atomic E-state index is 12.6. The predicted octanol–water partition coefficient (Wildman–Crippen LogP) is 1.86. The highest BCUT2D eigenvalue weighted by atomic mass is 32.1. The van der Waals surface area contributed by atoms with Gasteiger partial charge in [-0.05, 0) is 18.4 Å². The van der Waals surface area contributed by atoms with Crippen LogP contribution >= 0.6 is 11.3 Å². The van der Waals surface area contributed by atoms with Crippen LogP contribution in [0.5, 0.6) is 0 Å². The number of nitrogens with two attached hydrogens (primary N) is 1. The smallest absolute Gasteiger partial charge is 0.421 e. The lowest BCUT2D eigenvalue weighted by atomic mass is 9.91. The molecule has 3 nitrogen and oxygen atoms in total. The summed E-state index contributed by atoms with van der Waals surface area (Å²) in [6.07, 6.45) is -5.02. The van der Waals surface area contributed by atoms with Crippen molar-refractivity contribution in [2.75, 3.05) is 0 Å². The Morgan fingerprint density at radius 1 is 1.53 bits per heavy atom. The number of carboxylic acids is 1. The molecule has 0 spiro atoms. The molecule has 7 heteroatoms. The number of alkyl halides is 3. The van der Waals surface area contributed by atoms with Crippen LogP contribution in [-0.4, -0.2) is 17.3 Å². The number of aryl methyl sites for hydroxylation is 1. The summed E-state index contributed by atoms with van der Waals surface area (Å²) in [6, 6.07) is 1.08. The largest absolute Gasteiger partial charge is 0.479 e. The zero-order chi connectivity index (χ0) is 11.9. The summed E-state index contributed by atoms with van der Waals surface area (Å²) < 4.78 is 37.8. The molecule has 0 saturated heterocycles. The molecule has 3 N–H and O–H groups in total. The van der Waals surface area contributed by atoms with E-state index in [4.69, 9.17) is 10.8 Å². The maximum Gasteiger partial charge on any atom is 0.421 e. The number of halogens is 3. The van der Waals surface area contributed by atoms with Gasteiger partial charge in [0.25, 0.3) is 0 Å². The standard InChI is InChI=1S/C8H8F3NO2S/c1-4-5(2-3-15-4)7(12,6(13)14)8(9,10)11/h2-3H,12H2,1H3,(H,13,14). The van der Waals surface area contributed by atoms with Gasteiger partial charge >= 0.3 is 12.1 Å². The van der Waals surface area contributed by atoms with Crippen molar-refractivity contribution in [1.82, 2.24) is 0 Å². The SMILES string of the molecule is Cc1sccc1C(N)(C(=O)O)C(F)(F)F. The first-order valence-corrected chi connectivity index (χ1v) is 4.72. The van der Waals surface area contributed by atoms with Gasteiger partial charge in [0.15, 0.2) is 0 Å². The second-order valence-corrected chi connectivity index (χ2v) is 4.12. The van der Waals surface area contributed by atoms with E-state index in [-0.39, 0.29) is 4.88 Å². The molecule has 0 amide bonds. The van der Waals surface area contributed by atoms with Gasteiger partial charge in [-0.25, -0.2) is 4.79 Å². The van der Waals surface area contributed by atoms with Gasteiger partial charge in [-0.15, -0.1) is 11.3 Å². The maximum atomic E-state index is 12.6. The van der Waals surface area contributed by atoms with E-state index >= 15 is 0 Å². The number of aliphatic carboxylic acids is 1. The third kappa shape index (κ3) is 1.72. The fraction of sp³-hybridized carbons (Fsp3) is 0.375. The summed E-state index contributed by atoms with van der Waals surface area (Å²) >= 11 is 1.02. The average Bonchev–Trinajstić information content (AvgIpc) is 2.47. The van der Waals surface area contributed by atoms with E-state index in [0.29, 0.717) is 0 Å². The van der Waals surface area contributed by atoms with E-state index in [1.165, 1.54) is 12.3 Å². The summed E-state index contributed by atoms with van der Waals surface area (Å²) in [7, 11) is 0. The number of carboxylic acid groups (broad SMARTS) is 1. The lowest BCUT2D eigenvalue weighted by Gasteiger charge is -2.27. The van der Waals surface area contributed by atoms with E-state index in [1.807, 2.05) is 0 Å². The van der Waals surface area contributed by atoms with Gasteiger partial charge in [-0.2, -0.15) is 13.2 Å². The molecule has 0 saturated carbocycles. The molecule has 1 aromatic heterocycles. The van der Waals surface area contributed by atoms with Gasteiger partial charge in [0, 0.05) is 10.4 Å². The highest BCUT2D eigenvalue weighted by molar-refractivity contribution is 7.10. The van der Waals surface area contributed by atoms with E-state index in [9.17, 15) is 18.0 Å². The molecular weight excluding hydrogens is 231 g/mol. The van der Waals surface area contributed by atoms with E-state index in [0.717, 1.165) is 17.4 Å². The van der Waals surface area contributed by atoms with Crippen molar-refractivity contribution in [2.45, 2.75) is 18.6 Å². The Labute approximate surface area is 87.3 Å². The summed E-state index contributed by atoms with van der Waals surface area (Å²) in [5.41, 5.74) is 1.23. The minimum Gasteiger partial charge on any atom is -0.479 e. The molecule has 0 fully saturated rings. The molecule has 1 rings (SSSR count). The monoisotopic (exact) mass is 239 g/mol. The molecule has 1 atom stereocenters. The summed E-state index contributed by atoms with van der Waals surface area (Å²) in [4.78, 5) is 10.9. The number of hydrogen-bond donors (Lipinski definition) is 2. The molecule has 0 aliphatic heterocycles. The normalized spacial score (nSPS) is 16.1. The van der Waals surface area contributed by atoms with Crippen LogP contribution in [-0.2, 0) is 10.3 Å². The molecule has 0 radical (unpaired) electrons. The van der Waals surface area contributed by atoms with Crippen LogP contribution in [0, 0.1) is 6.92 Å². The fourth-order valence-electron chi connectivity index (χ4n) is 1.18. The van der Waals surface area contributed by atoms with E-state index in [1.54, 1.807) is 0 Å². The molecule has 15 heavy (non-hydrogen) atoms. The molecule has 1 heterocycles. The Morgan fingerprint density at radius 2 is 2.07 bits per heavy atom. The second kappa shape index (κ2) is 3.49. The van der Waals surface area contributed by atoms with Crippen molar-refractivity contribution in [3.63, 3.8) is 0 Å². The summed E-state index contributed by atoms with van der Waals surface area (Å²) in [5, 5.41) is 10.00. The van der Waals surface area contributed by atoms with Crippen molar-refractivity contribution in [3.05, 3.63) is 21.9 Å². The minimum atomic E-state index is -5.02. The average molecular weight is 239 g/mol. The highest BCUT2D eigenvalue weighted by Gasteiger charge is 2.60. The van der Waals surface area contributed by atoms with Crippen molar-refractivity contribution in [2.24, 2.45) is 5.73 Å². The summed E-state index contributed by atoms with van der Waals surface area (Å²) in [6.45, 7) is 1.40. The molecule has 1 aromatic rings. The van der Waals surface area contributed by atoms with Gasteiger partial charge in [-0.3, -0.25) is 0 Å². The first kappa shape index (κ1) is 12.0. The van der Waals surface area contributed by atoms with Crippen molar-refractivity contribution in [1.29, 1.82) is 0 Å². The van der Waals surface area contributed by atoms with E-state index in [2.05, 4.69) is 0 Å². The minimum absolute atomic E-state index is 0.247. The van der Waals surface area contributed by atoms with Crippen LogP contribution in [0.15, 0.2) is 11.4 Å². The Hall–Kier alpha value is -1.08. The lowest BCUT2D eigenvalue weighted by molar-refractivity contribution is -0.204. The van der Waals surface area contributed by atoms with Gasteiger partial charge in [0.2, 0.25) is 5.54 Å². The van der Waals surface area contributed by atoms with Gasteiger partial charge < -0.3 is 10.8 Å². The zero-order valence-corrected chi connectivity index (χ0v) is 8.45. The first-order valence-electron chi connectivity index (χ1n) is 3.85. The third-order valence-electron chi connectivity index (χ3n) is 2.07. The van der Waals surface area contributed by atoms with Crippen LogP contribution in [0.25, 0.3) is 0 Å². The Kier molecular flexibility index (Phi) is 2.79. The molecule has 0 aliphatic rings. The second-order valence-electron chi connectivity index (χ2n) is 3.00. The third-order valence-corrected chi connectivity index (χ3v) is 2.91. The zero-order valence-electron chi connectivity index (χ0n) is 7.63. The molecule has 0 aliphatic carbocycles. The van der Waals surface area contributed by atoms with E-state index < -0.39 is 23.2 Å². The Bertz CT molecular complexity index is 387. The number of rotatable bonds is 2. The topological polar surface area (TPSA) is 63.3 Å². The lowest BCUT2D eigenvalue weighted by Crippen LogP contribution is -2.56. The van der Waals surface area contributed by atoms with Gasteiger partial charge in [-0.1, -0.05) is 0 Å². The van der Waals surface area contributed by atoms with Crippen molar-refractivity contribution in [3.8, 4) is 0 Å². The molecule has 0 bridgehead atoms. The number of hydrogen-bond acceptors (Lipinski definition) is 3. The predicted molar refractivity (Wildman–Crippen MR) is 48.6 cm³/mol. The molecule has 84 valence electrons. The van der Waals surface area contributed by atoms with Crippen LogP contribution in [0.1, 0.15) is 10.4 Å². The molecule has 0 aromatic carbocycles. The Balaban J connectivity index is 3.39. The van der Waals surface area contributed by atoms with Crippen molar-refractivity contribution >= 4 is 17.3 Å². The fourth-order valence-corrected chi connectivity index (χ4v) is 1.95. The number of thiophene rings is 1. The van der Waals surface area contributed by atoms with Crippen LogP contribution in [0.3, 0.4) is 0 Å². The summed E-state index contributed by atoms with van der Waals surface area (Å²) in [5.74, 6) is -2.10. The number of carbonyl (C=O) groups is 1. The molecule has 1 unspecified atom stereocenters. The van der Waals surface area contributed by atoms with Crippen LogP contribution < -0.4 is 5.73 Å². The van der Waals surface area contributed by atoms with Gasteiger partial charge in [0.1, 0.15) is 0 Å². The molecular formula is C8H8F3NO2S. The highest BCUT2D eigenvalue weighted by Crippen LogP contribution is 2.39. The van der Waals surface area contributed by atoms with Crippen LogP contribution in [0.2, 0.25) is 0 Å². The first-order chi connectivity index (χ1) is 6.71.